The molecule has 1 unspecified atom stereocenters. The molecule has 1 heterocycles. The fourth-order valence-electron chi connectivity index (χ4n) is 2.53. The van der Waals surface area contributed by atoms with Crippen LogP contribution in [0.2, 0.25) is 0 Å². The highest BCUT2D eigenvalue weighted by atomic mass is 16.5. The molecule has 1 saturated heterocycles. The summed E-state index contributed by atoms with van der Waals surface area (Å²) in [5.41, 5.74) is 0. The number of aliphatic hydroxyl groups excluding tert-OH is 1. The van der Waals surface area contributed by atoms with Gasteiger partial charge in [-0.15, -0.1) is 0 Å². The van der Waals surface area contributed by atoms with E-state index in [1.165, 1.54) is 0 Å². The summed E-state index contributed by atoms with van der Waals surface area (Å²) < 4.78 is 5.30. The van der Waals surface area contributed by atoms with Crippen LogP contribution in [0, 0.1) is 5.92 Å². The molecule has 2 fully saturated rings. The summed E-state index contributed by atoms with van der Waals surface area (Å²) in [5.74, 6) is 0.0496. The maximum Gasteiger partial charge on any atom is 0.225 e. The number of rotatable bonds is 2. The van der Waals surface area contributed by atoms with E-state index in [0.29, 0.717) is 6.61 Å². The van der Waals surface area contributed by atoms with E-state index in [1.807, 2.05) is 0 Å². The van der Waals surface area contributed by atoms with Gasteiger partial charge >= 0.3 is 0 Å². The van der Waals surface area contributed by atoms with Crippen LogP contribution in [0.3, 0.4) is 0 Å². The van der Waals surface area contributed by atoms with E-state index < -0.39 is 0 Å². The number of nitrogens with one attached hydrogen (secondary N) is 1. The van der Waals surface area contributed by atoms with Gasteiger partial charge in [0.05, 0.1) is 24.7 Å². The Bertz CT molecular complexity index is 238. The number of hydrogen-bond donors (Lipinski definition) is 2. The smallest absolute Gasteiger partial charge is 0.225 e. The van der Waals surface area contributed by atoms with E-state index in [4.69, 9.17) is 4.74 Å². The molecule has 0 aromatic heterocycles. The van der Waals surface area contributed by atoms with Gasteiger partial charge in [0, 0.05) is 6.61 Å². The van der Waals surface area contributed by atoms with Gasteiger partial charge in [-0.1, -0.05) is 12.8 Å². The Morgan fingerprint density at radius 1 is 1.19 bits per heavy atom. The van der Waals surface area contributed by atoms with Crippen molar-refractivity contribution in [2.45, 2.75) is 50.7 Å². The second-order valence-corrected chi connectivity index (χ2v) is 4.88. The maximum atomic E-state index is 11.9. The SMILES string of the molecule is O=C(N[C@H]1CCCC[C@@H]1O)C1CCCOC1. The molecule has 4 heteroatoms. The van der Waals surface area contributed by atoms with Crippen molar-refractivity contribution in [2.24, 2.45) is 5.92 Å². The zero-order chi connectivity index (χ0) is 11.4. The van der Waals surface area contributed by atoms with Gasteiger partial charge in [-0.05, 0) is 25.7 Å². The summed E-state index contributed by atoms with van der Waals surface area (Å²) in [7, 11) is 0. The van der Waals surface area contributed by atoms with Crippen molar-refractivity contribution in [3.63, 3.8) is 0 Å². The van der Waals surface area contributed by atoms with E-state index in [0.717, 1.165) is 45.1 Å². The van der Waals surface area contributed by atoms with Crippen molar-refractivity contribution in [3.05, 3.63) is 0 Å². The number of aliphatic hydroxyl groups is 1. The van der Waals surface area contributed by atoms with E-state index in [2.05, 4.69) is 5.32 Å². The van der Waals surface area contributed by atoms with Crippen molar-refractivity contribution in [3.8, 4) is 0 Å². The summed E-state index contributed by atoms with van der Waals surface area (Å²) >= 11 is 0. The predicted octanol–water partition coefficient (Wildman–Crippen LogP) is 0.833. The highest BCUT2D eigenvalue weighted by Crippen LogP contribution is 2.20. The standard InChI is InChI=1S/C12H21NO3/c14-11-6-2-1-5-10(11)13-12(15)9-4-3-7-16-8-9/h9-11,14H,1-8H2,(H,13,15)/t9?,10-,11-/m0/s1. The van der Waals surface area contributed by atoms with Crippen molar-refractivity contribution in [1.82, 2.24) is 5.32 Å². The maximum absolute atomic E-state index is 11.9. The quantitative estimate of drug-likeness (QED) is 0.734. The molecule has 1 saturated carbocycles. The first-order valence-electron chi connectivity index (χ1n) is 6.33. The van der Waals surface area contributed by atoms with Gasteiger partial charge < -0.3 is 15.2 Å². The molecule has 16 heavy (non-hydrogen) atoms. The van der Waals surface area contributed by atoms with Crippen LogP contribution >= 0.6 is 0 Å². The Labute approximate surface area is 96.4 Å². The van der Waals surface area contributed by atoms with Gasteiger partial charge in [-0.2, -0.15) is 0 Å². The molecule has 2 aliphatic rings. The molecule has 1 amide bonds. The molecule has 92 valence electrons. The topological polar surface area (TPSA) is 58.6 Å². The average molecular weight is 227 g/mol. The molecule has 4 nitrogen and oxygen atoms in total. The van der Waals surface area contributed by atoms with Crippen molar-refractivity contribution < 1.29 is 14.6 Å². The summed E-state index contributed by atoms with van der Waals surface area (Å²) in [5, 5.41) is 12.7. The van der Waals surface area contributed by atoms with Gasteiger partial charge in [0.15, 0.2) is 0 Å². The highest BCUT2D eigenvalue weighted by molar-refractivity contribution is 5.79. The van der Waals surface area contributed by atoms with Crippen LogP contribution in [0.5, 0.6) is 0 Å². The first-order valence-corrected chi connectivity index (χ1v) is 6.33. The van der Waals surface area contributed by atoms with Gasteiger partial charge in [0.1, 0.15) is 0 Å². The molecule has 0 radical (unpaired) electrons. The molecule has 0 spiro atoms. The van der Waals surface area contributed by atoms with E-state index in [1.54, 1.807) is 0 Å². The van der Waals surface area contributed by atoms with Crippen molar-refractivity contribution in [2.75, 3.05) is 13.2 Å². The zero-order valence-electron chi connectivity index (χ0n) is 9.65. The fourth-order valence-corrected chi connectivity index (χ4v) is 2.53. The largest absolute Gasteiger partial charge is 0.391 e. The molecule has 0 aromatic carbocycles. The Hall–Kier alpha value is -0.610. The average Bonchev–Trinajstić information content (AvgIpc) is 2.33. The minimum atomic E-state index is -0.359. The molecule has 2 rings (SSSR count). The Kier molecular flexibility index (Phi) is 4.18. The summed E-state index contributed by atoms with van der Waals surface area (Å²) in [6, 6.07) is -0.0387. The van der Waals surface area contributed by atoms with Crippen LogP contribution in [0.4, 0.5) is 0 Å². The Balaban J connectivity index is 1.80. The molecular weight excluding hydrogens is 206 g/mol. The Morgan fingerprint density at radius 2 is 2.00 bits per heavy atom. The van der Waals surface area contributed by atoms with Crippen molar-refractivity contribution >= 4 is 5.91 Å². The number of hydrogen-bond acceptors (Lipinski definition) is 3. The first kappa shape index (κ1) is 11.9. The minimum absolute atomic E-state index is 0.0112. The molecule has 2 N–H and O–H groups in total. The van der Waals surface area contributed by atoms with Crippen LogP contribution in [0.15, 0.2) is 0 Å². The predicted molar refractivity (Wildman–Crippen MR) is 59.9 cm³/mol. The number of amides is 1. The highest BCUT2D eigenvalue weighted by Gasteiger charge is 2.28. The number of ether oxygens (including phenoxy) is 1. The molecule has 3 atom stereocenters. The zero-order valence-corrected chi connectivity index (χ0v) is 9.65. The molecule has 0 bridgehead atoms. The number of carbonyl (C=O) groups excluding carboxylic acids is 1. The summed E-state index contributed by atoms with van der Waals surface area (Å²) in [6.07, 6.45) is 5.40. The monoisotopic (exact) mass is 227 g/mol. The summed E-state index contributed by atoms with van der Waals surface area (Å²) in [4.78, 5) is 11.9. The third-order valence-electron chi connectivity index (χ3n) is 3.59. The lowest BCUT2D eigenvalue weighted by atomic mass is 9.91. The van der Waals surface area contributed by atoms with Crippen LogP contribution in [-0.2, 0) is 9.53 Å². The van der Waals surface area contributed by atoms with Crippen molar-refractivity contribution in [1.29, 1.82) is 0 Å². The third kappa shape index (κ3) is 2.95. The normalized spacial score (nSPS) is 35.7. The minimum Gasteiger partial charge on any atom is -0.391 e. The fraction of sp³-hybridized carbons (Fsp3) is 0.917. The molecule has 1 aliphatic carbocycles. The van der Waals surface area contributed by atoms with Gasteiger partial charge in [0.25, 0.3) is 0 Å². The van der Waals surface area contributed by atoms with Crippen LogP contribution in [0.25, 0.3) is 0 Å². The second-order valence-electron chi connectivity index (χ2n) is 4.88. The van der Waals surface area contributed by atoms with Gasteiger partial charge in [-0.25, -0.2) is 0 Å². The van der Waals surface area contributed by atoms with Crippen LogP contribution < -0.4 is 5.32 Å². The lowest BCUT2D eigenvalue weighted by molar-refractivity contribution is -0.130. The first-order chi connectivity index (χ1) is 7.77. The van der Waals surface area contributed by atoms with Crippen LogP contribution in [0.1, 0.15) is 38.5 Å². The molecule has 0 aromatic rings. The van der Waals surface area contributed by atoms with E-state index in [-0.39, 0.29) is 24.0 Å². The van der Waals surface area contributed by atoms with Gasteiger partial charge in [-0.3, -0.25) is 4.79 Å². The van der Waals surface area contributed by atoms with E-state index >= 15 is 0 Å². The van der Waals surface area contributed by atoms with E-state index in [9.17, 15) is 9.90 Å². The molecule has 1 aliphatic heterocycles. The van der Waals surface area contributed by atoms with Crippen LogP contribution in [-0.4, -0.2) is 36.4 Å². The third-order valence-corrected chi connectivity index (χ3v) is 3.59. The van der Waals surface area contributed by atoms with Gasteiger partial charge in [0.2, 0.25) is 5.91 Å². The lowest BCUT2D eigenvalue weighted by Crippen LogP contribution is -2.48. The lowest BCUT2D eigenvalue weighted by Gasteiger charge is -2.30. The summed E-state index contributed by atoms with van der Waals surface area (Å²) in [6.45, 7) is 1.31. The second kappa shape index (κ2) is 5.64. The molecular formula is C12H21NO3. The Morgan fingerprint density at radius 3 is 2.69 bits per heavy atom. The number of carbonyl (C=O) groups is 1.